The molecule has 1 amide bonds. The van der Waals surface area contributed by atoms with Crippen LogP contribution in [0.1, 0.15) is 284 Å². The smallest absolute Gasteiger partial charge is 0.306 e. The van der Waals surface area contributed by atoms with Crippen LogP contribution in [0.4, 0.5) is 0 Å². The average molecular weight is 982 g/mol. The van der Waals surface area contributed by atoms with Gasteiger partial charge in [0, 0.05) is 12.8 Å². The fourth-order valence-corrected chi connectivity index (χ4v) is 9.30. The maximum Gasteiger partial charge on any atom is 0.306 e. The van der Waals surface area contributed by atoms with Gasteiger partial charge in [-0.2, -0.15) is 0 Å². The number of nitrogens with one attached hydrogen (secondary N) is 1. The monoisotopic (exact) mass is 981 g/mol. The number of phosphoric acid groups is 1. The van der Waals surface area contributed by atoms with E-state index in [2.05, 4.69) is 38.2 Å². The number of likely N-dealkylation sites (N-methyl/N-ethyl adjacent to an activating group) is 1. The van der Waals surface area contributed by atoms with Gasteiger partial charge in [0.05, 0.1) is 33.8 Å². The van der Waals surface area contributed by atoms with Crippen molar-refractivity contribution in [3.8, 4) is 0 Å². The summed E-state index contributed by atoms with van der Waals surface area (Å²) in [5.74, 6) is -0.539. The van der Waals surface area contributed by atoms with Crippen LogP contribution in [-0.2, 0) is 27.9 Å². The van der Waals surface area contributed by atoms with Crippen LogP contribution in [-0.4, -0.2) is 69.4 Å². The Bertz CT molecular complexity index is 1220. The number of rotatable bonds is 53. The largest absolute Gasteiger partial charge is 0.756 e. The first-order valence-electron chi connectivity index (χ1n) is 29.1. The van der Waals surface area contributed by atoms with Crippen LogP contribution in [0.25, 0.3) is 0 Å². The predicted molar refractivity (Wildman–Crippen MR) is 289 cm³/mol. The Balaban J connectivity index is 5.30. The molecule has 0 heterocycles. The number of carbonyl (C=O) groups excluding carboxylic acids is 2. The Hall–Kier alpha value is -1.51. The summed E-state index contributed by atoms with van der Waals surface area (Å²) in [4.78, 5) is 39.8. The molecule has 0 aliphatic heterocycles. The Kier molecular flexibility index (Phi) is 48.0. The minimum absolute atomic E-state index is 0.0207. The zero-order valence-corrected chi connectivity index (χ0v) is 46.7. The van der Waals surface area contributed by atoms with Crippen molar-refractivity contribution in [1.82, 2.24) is 5.32 Å². The summed E-state index contributed by atoms with van der Waals surface area (Å²) in [7, 11) is 1.19. The second kappa shape index (κ2) is 49.1. The van der Waals surface area contributed by atoms with E-state index >= 15 is 0 Å². The van der Waals surface area contributed by atoms with Crippen LogP contribution in [0.2, 0.25) is 0 Å². The van der Waals surface area contributed by atoms with E-state index in [0.717, 1.165) is 77.0 Å². The molecule has 1 N–H and O–H groups in total. The summed E-state index contributed by atoms with van der Waals surface area (Å²) in [6.07, 6.45) is 55.6. The van der Waals surface area contributed by atoms with E-state index in [1.165, 1.54) is 173 Å². The molecule has 9 nitrogen and oxygen atoms in total. The molecule has 0 spiro atoms. The van der Waals surface area contributed by atoms with E-state index in [9.17, 15) is 19.0 Å². The lowest BCUT2D eigenvalue weighted by Crippen LogP contribution is -2.47. The molecule has 0 bridgehead atoms. The highest BCUT2D eigenvalue weighted by atomic mass is 31.2. The highest BCUT2D eigenvalue weighted by molar-refractivity contribution is 7.45. The molecule has 0 saturated heterocycles. The summed E-state index contributed by atoms with van der Waals surface area (Å²) in [5.41, 5.74) is 0. The van der Waals surface area contributed by atoms with Crippen molar-refractivity contribution in [2.45, 2.75) is 296 Å². The van der Waals surface area contributed by atoms with Crippen molar-refractivity contribution in [1.29, 1.82) is 0 Å². The first-order chi connectivity index (χ1) is 32.9. The Morgan fingerprint density at radius 3 is 1.25 bits per heavy atom. The number of nitrogens with zero attached hydrogens (tertiary/aromatic N) is 1. The second-order valence-corrected chi connectivity index (χ2v) is 22.6. The van der Waals surface area contributed by atoms with E-state index in [0.29, 0.717) is 17.4 Å². The third-order valence-electron chi connectivity index (χ3n) is 13.1. The molecule has 3 atom stereocenters. The number of ether oxygens (including phenoxy) is 1. The van der Waals surface area contributed by atoms with E-state index < -0.39 is 20.0 Å². The van der Waals surface area contributed by atoms with Crippen LogP contribution in [0.5, 0.6) is 0 Å². The average Bonchev–Trinajstić information content (AvgIpc) is 3.29. The highest BCUT2D eigenvalue weighted by Gasteiger charge is 2.27. The zero-order valence-electron chi connectivity index (χ0n) is 45.8. The van der Waals surface area contributed by atoms with Gasteiger partial charge in [-0.15, -0.1) is 0 Å². The topological polar surface area (TPSA) is 114 Å². The number of hydrogen-bond acceptors (Lipinski definition) is 7. The maximum absolute atomic E-state index is 13.5. The number of phosphoric ester groups is 1. The van der Waals surface area contributed by atoms with Gasteiger partial charge in [0.1, 0.15) is 19.3 Å². The Morgan fingerprint density at radius 2 is 0.853 bits per heavy atom. The van der Waals surface area contributed by atoms with Gasteiger partial charge in [-0.3, -0.25) is 14.2 Å². The molecular weight excluding hydrogens is 868 g/mol. The number of hydrogen-bond donors (Lipinski definition) is 1. The summed E-state index contributed by atoms with van der Waals surface area (Å²) < 4.78 is 30.2. The standard InChI is InChI=1S/C58H113N2O7P/c1-7-10-13-16-19-22-25-27-29-31-32-35-38-41-44-47-50-57(61)59-55(54-66-68(63,64)65-53-52-60(4,5)6)56(49-46-43-40-37-34-24-21-18-15-12-9-3)67-58(62)51-48-45-42-39-36-33-30-28-26-23-20-17-14-11-8-2/h29,31,46,49,55-56H,7-28,30,32-45,47-48,50-54H2,1-6H3,(H-,59,61,63,64)/b31-29+,49-46+. The first kappa shape index (κ1) is 66.5. The van der Waals surface area contributed by atoms with Crippen molar-refractivity contribution >= 4 is 19.7 Å². The van der Waals surface area contributed by atoms with Crippen LogP contribution in [0.3, 0.4) is 0 Å². The minimum Gasteiger partial charge on any atom is -0.756 e. The van der Waals surface area contributed by atoms with Crippen LogP contribution in [0, 0.1) is 0 Å². The number of amides is 1. The molecular formula is C58H113N2O7P. The van der Waals surface area contributed by atoms with E-state index in [1.807, 2.05) is 33.3 Å². The van der Waals surface area contributed by atoms with Gasteiger partial charge in [-0.05, 0) is 57.4 Å². The molecule has 10 heteroatoms. The number of carbonyl (C=O) groups is 2. The summed E-state index contributed by atoms with van der Waals surface area (Å²) >= 11 is 0. The molecule has 0 aliphatic carbocycles. The molecule has 0 aromatic rings. The lowest BCUT2D eigenvalue weighted by Gasteiger charge is -2.30. The van der Waals surface area contributed by atoms with Gasteiger partial charge in [0.2, 0.25) is 5.91 Å². The van der Waals surface area contributed by atoms with E-state index in [-0.39, 0.29) is 31.5 Å². The van der Waals surface area contributed by atoms with Crippen LogP contribution < -0.4 is 10.2 Å². The SMILES string of the molecule is CCCCCCCCC/C=C/CCCCCCCC(=O)NC(COP(=O)([O-])OCC[N+](C)(C)C)C(/C=C/CCCCCCCCCCC)OC(=O)CCCCCCCCCCCCCCCCC. The van der Waals surface area contributed by atoms with Crippen molar-refractivity contribution in [2.75, 3.05) is 40.9 Å². The highest BCUT2D eigenvalue weighted by Crippen LogP contribution is 2.38. The van der Waals surface area contributed by atoms with Gasteiger partial charge in [-0.1, -0.05) is 238 Å². The fraction of sp³-hybridized carbons (Fsp3) is 0.897. The third kappa shape index (κ3) is 49.5. The molecule has 402 valence electrons. The van der Waals surface area contributed by atoms with Crippen molar-refractivity contribution in [3.63, 3.8) is 0 Å². The van der Waals surface area contributed by atoms with Gasteiger partial charge in [-0.25, -0.2) is 0 Å². The molecule has 0 radical (unpaired) electrons. The van der Waals surface area contributed by atoms with E-state index in [4.69, 9.17) is 13.8 Å². The zero-order chi connectivity index (χ0) is 50.1. The van der Waals surface area contributed by atoms with Gasteiger partial charge >= 0.3 is 5.97 Å². The Labute approximate surface area is 422 Å². The van der Waals surface area contributed by atoms with Gasteiger partial charge in [0.15, 0.2) is 0 Å². The Morgan fingerprint density at radius 1 is 0.500 bits per heavy atom. The molecule has 68 heavy (non-hydrogen) atoms. The summed E-state index contributed by atoms with van der Waals surface area (Å²) in [6.45, 7) is 6.85. The van der Waals surface area contributed by atoms with Crippen molar-refractivity contribution < 1.29 is 37.3 Å². The quantitative estimate of drug-likeness (QED) is 0.0212. The predicted octanol–water partition coefficient (Wildman–Crippen LogP) is 16.8. The van der Waals surface area contributed by atoms with E-state index in [1.54, 1.807) is 0 Å². The maximum atomic E-state index is 13.5. The second-order valence-electron chi connectivity index (χ2n) is 21.2. The molecule has 0 rings (SSSR count). The molecule has 0 aromatic carbocycles. The lowest BCUT2D eigenvalue weighted by atomic mass is 10.0. The van der Waals surface area contributed by atoms with Crippen LogP contribution >= 0.6 is 7.82 Å². The van der Waals surface area contributed by atoms with Crippen molar-refractivity contribution in [2.24, 2.45) is 0 Å². The van der Waals surface area contributed by atoms with Crippen LogP contribution in [0.15, 0.2) is 24.3 Å². The third-order valence-corrected chi connectivity index (χ3v) is 14.1. The fourth-order valence-electron chi connectivity index (χ4n) is 8.58. The normalized spacial score (nSPS) is 13.9. The van der Waals surface area contributed by atoms with Crippen molar-refractivity contribution in [3.05, 3.63) is 24.3 Å². The molecule has 0 saturated carbocycles. The molecule has 0 aromatic heterocycles. The number of quaternary nitrogens is 1. The summed E-state index contributed by atoms with van der Waals surface area (Å²) in [6, 6.07) is -0.885. The molecule has 3 unspecified atom stereocenters. The lowest BCUT2D eigenvalue weighted by molar-refractivity contribution is -0.870. The molecule has 0 aliphatic rings. The summed E-state index contributed by atoms with van der Waals surface area (Å²) in [5, 5.41) is 3.02. The van der Waals surface area contributed by atoms with Gasteiger partial charge in [0.25, 0.3) is 7.82 Å². The van der Waals surface area contributed by atoms with Gasteiger partial charge < -0.3 is 28.5 Å². The molecule has 0 fully saturated rings. The first-order valence-corrected chi connectivity index (χ1v) is 30.6. The number of unbranched alkanes of at least 4 members (excludes halogenated alkanes) is 35. The number of esters is 1. The number of allylic oxidation sites excluding steroid dienone is 3. The minimum atomic E-state index is -4.69.